The minimum absolute atomic E-state index is 0.214. The van der Waals surface area contributed by atoms with Crippen LogP contribution in [-0.4, -0.2) is 30.0 Å². The lowest BCUT2D eigenvalue weighted by molar-refractivity contribution is -0.0449. The van der Waals surface area contributed by atoms with Crippen molar-refractivity contribution in [2.75, 3.05) is 18.5 Å². The van der Waals surface area contributed by atoms with E-state index >= 15 is 0 Å². The fourth-order valence-electron chi connectivity index (χ4n) is 1.25. The summed E-state index contributed by atoms with van der Waals surface area (Å²) in [6, 6.07) is 5.99. The molecule has 1 aromatic rings. The molecular formula is C13H19BrINO2. The zero-order chi connectivity index (χ0) is 13.8. The average molecular weight is 428 g/mol. The molecule has 0 aromatic heterocycles. The molecule has 0 aliphatic rings. The number of rotatable bonds is 5. The lowest BCUT2D eigenvalue weighted by Crippen LogP contribution is -2.30. The molecule has 1 unspecified atom stereocenters. The second-order valence-electron chi connectivity index (χ2n) is 5.09. The van der Waals surface area contributed by atoms with Crippen molar-refractivity contribution >= 4 is 44.2 Å². The van der Waals surface area contributed by atoms with E-state index in [1.807, 2.05) is 39.0 Å². The largest absolute Gasteiger partial charge is 0.389 e. The summed E-state index contributed by atoms with van der Waals surface area (Å²) in [6.45, 7) is 6.75. The number of ether oxygens (including phenoxy) is 1. The first-order valence-corrected chi connectivity index (χ1v) is 7.66. The summed E-state index contributed by atoms with van der Waals surface area (Å²) in [5.41, 5.74) is 0.783. The second kappa shape index (κ2) is 7.07. The Morgan fingerprint density at radius 3 is 2.67 bits per heavy atom. The third-order valence-corrected chi connectivity index (χ3v) is 4.50. The number of anilines is 1. The van der Waals surface area contributed by atoms with Crippen molar-refractivity contribution in [3.05, 3.63) is 26.2 Å². The predicted octanol–water partition coefficient (Wildman–Crippen LogP) is 3.64. The van der Waals surface area contributed by atoms with Crippen LogP contribution >= 0.6 is 38.5 Å². The highest BCUT2D eigenvalue weighted by atomic mass is 127. The zero-order valence-corrected chi connectivity index (χ0v) is 14.6. The summed E-state index contributed by atoms with van der Waals surface area (Å²) >= 11 is 5.71. The zero-order valence-electron chi connectivity index (χ0n) is 10.8. The number of aliphatic hydroxyl groups excluding tert-OH is 1. The van der Waals surface area contributed by atoms with Crippen molar-refractivity contribution in [3.8, 4) is 0 Å². The monoisotopic (exact) mass is 427 g/mol. The van der Waals surface area contributed by atoms with Crippen LogP contribution in [0.15, 0.2) is 22.7 Å². The third-order valence-electron chi connectivity index (χ3n) is 2.17. The van der Waals surface area contributed by atoms with Crippen LogP contribution in [0.5, 0.6) is 0 Å². The van der Waals surface area contributed by atoms with E-state index in [9.17, 15) is 5.11 Å². The van der Waals surface area contributed by atoms with Crippen LogP contribution < -0.4 is 5.32 Å². The van der Waals surface area contributed by atoms with Crippen LogP contribution in [-0.2, 0) is 4.74 Å². The van der Waals surface area contributed by atoms with Crippen molar-refractivity contribution in [2.45, 2.75) is 32.5 Å². The predicted molar refractivity (Wildman–Crippen MR) is 87.1 cm³/mol. The Morgan fingerprint density at radius 1 is 1.44 bits per heavy atom. The number of hydrogen-bond donors (Lipinski definition) is 2. The van der Waals surface area contributed by atoms with Crippen molar-refractivity contribution < 1.29 is 9.84 Å². The fourth-order valence-corrected chi connectivity index (χ4v) is 2.01. The summed E-state index contributed by atoms with van der Waals surface area (Å²) in [7, 11) is 0. The lowest BCUT2D eigenvalue weighted by Gasteiger charge is -2.22. The molecule has 102 valence electrons. The van der Waals surface area contributed by atoms with Crippen LogP contribution in [0.3, 0.4) is 0 Å². The Kier molecular flexibility index (Phi) is 6.37. The molecule has 3 nitrogen and oxygen atoms in total. The fraction of sp³-hybridized carbons (Fsp3) is 0.538. The van der Waals surface area contributed by atoms with E-state index in [0.29, 0.717) is 13.2 Å². The van der Waals surface area contributed by atoms with Gasteiger partial charge in [0.15, 0.2) is 0 Å². The Balaban J connectivity index is 2.38. The number of halogens is 2. The molecule has 0 saturated heterocycles. The molecule has 0 bridgehead atoms. The maximum atomic E-state index is 9.80. The molecule has 0 aliphatic heterocycles. The first kappa shape index (κ1) is 16.2. The molecule has 1 rings (SSSR count). The van der Waals surface area contributed by atoms with Crippen LogP contribution in [0, 0.1) is 3.57 Å². The highest BCUT2D eigenvalue weighted by Crippen LogP contribution is 2.22. The van der Waals surface area contributed by atoms with Gasteiger partial charge in [0.25, 0.3) is 0 Å². The topological polar surface area (TPSA) is 41.5 Å². The molecule has 0 saturated carbocycles. The molecular weight excluding hydrogens is 409 g/mol. The highest BCUT2D eigenvalue weighted by Gasteiger charge is 2.13. The van der Waals surface area contributed by atoms with E-state index in [1.165, 1.54) is 0 Å². The van der Waals surface area contributed by atoms with Crippen molar-refractivity contribution in [3.63, 3.8) is 0 Å². The van der Waals surface area contributed by atoms with Gasteiger partial charge >= 0.3 is 0 Å². The molecule has 1 atom stereocenters. The average Bonchev–Trinajstić information content (AvgIpc) is 2.27. The van der Waals surface area contributed by atoms with Gasteiger partial charge in [0.2, 0.25) is 0 Å². The second-order valence-corrected chi connectivity index (χ2v) is 7.10. The standard InChI is InChI=1S/C13H19BrINO2/c1-13(2,3)18-8-10(17)7-16-9-4-5-11(14)12(15)6-9/h4-6,10,16-17H,7-8H2,1-3H3. The van der Waals surface area contributed by atoms with E-state index in [0.717, 1.165) is 13.7 Å². The lowest BCUT2D eigenvalue weighted by atomic mass is 10.2. The molecule has 0 amide bonds. The van der Waals surface area contributed by atoms with E-state index in [4.69, 9.17) is 4.74 Å². The Bertz CT molecular complexity index is 393. The van der Waals surface area contributed by atoms with Gasteiger partial charge in [0.1, 0.15) is 0 Å². The SMILES string of the molecule is CC(C)(C)OCC(O)CNc1ccc(Br)c(I)c1. The van der Waals surface area contributed by atoms with Gasteiger partial charge in [0.05, 0.1) is 18.3 Å². The number of benzene rings is 1. The molecule has 0 heterocycles. The third kappa shape index (κ3) is 6.36. The molecule has 5 heteroatoms. The minimum atomic E-state index is -0.509. The summed E-state index contributed by atoms with van der Waals surface area (Å²) in [5.74, 6) is 0. The maximum absolute atomic E-state index is 9.80. The normalized spacial score (nSPS) is 13.4. The quantitative estimate of drug-likeness (QED) is 0.705. The molecule has 18 heavy (non-hydrogen) atoms. The van der Waals surface area contributed by atoms with Gasteiger partial charge in [-0.05, 0) is 77.5 Å². The van der Waals surface area contributed by atoms with Gasteiger partial charge in [-0.25, -0.2) is 0 Å². The van der Waals surface area contributed by atoms with Crippen molar-refractivity contribution in [1.29, 1.82) is 0 Å². The molecule has 1 aromatic carbocycles. The summed E-state index contributed by atoms with van der Waals surface area (Å²) in [4.78, 5) is 0. The first-order chi connectivity index (χ1) is 8.28. The van der Waals surface area contributed by atoms with Crippen molar-refractivity contribution in [2.24, 2.45) is 0 Å². The summed E-state index contributed by atoms with van der Waals surface area (Å²) in [6.07, 6.45) is -0.509. The smallest absolute Gasteiger partial charge is 0.0945 e. The summed E-state index contributed by atoms with van der Waals surface area (Å²) in [5, 5.41) is 13.0. The van der Waals surface area contributed by atoms with Crippen molar-refractivity contribution in [1.82, 2.24) is 0 Å². The Morgan fingerprint density at radius 2 is 2.11 bits per heavy atom. The van der Waals surface area contributed by atoms with Gasteiger partial charge in [-0.3, -0.25) is 0 Å². The van der Waals surface area contributed by atoms with Gasteiger partial charge in [-0.1, -0.05) is 0 Å². The van der Waals surface area contributed by atoms with Crippen LogP contribution in [0.4, 0.5) is 5.69 Å². The molecule has 2 N–H and O–H groups in total. The van der Waals surface area contributed by atoms with E-state index < -0.39 is 6.10 Å². The minimum Gasteiger partial charge on any atom is -0.389 e. The Hall–Kier alpha value is 0.150. The van der Waals surface area contributed by atoms with E-state index in [2.05, 4.69) is 43.8 Å². The number of nitrogens with one attached hydrogen (secondary N) is 1. The molecule has 0 aliphatic carbocycles. The highest BCUT2D eigenvalue weighted by molar-refractivity contribution is 14.1. The Labute approximate surface area is 131 Å². The van der Waals surface area contributed by atoms with Crippen LogP contribution in [0.2, 0.25) is 0 Å². The van der Waals surface area contributed by atoms with Gasteiger partial charge < -0.3 is 15.2 Å². The molecule has 0 radical (unpaired) electrons. The van der Waals surface area contributed by atoms with Crippen LogP contribution in [0.25, 0.3) is 0 Å². The molecule has 0 spiro atoms. The maximum Gasteiger partial charge on any atom is 0.0945 e. The number of aliphatic hydroxyl groups is 1. The first-order valence-electron chi connectivity index (χ1n) is 5.79. The van der Waals surface area contributed by atoms with Crippen LogP contribution in [0.1, 0.15) is 20.8 Å². The van der Waals surface area contributed by atoms with E-state index in [1.54, 1.807) is 0 Å². The summed E-state index contributed by atoms with van der Waals surface area (Å²) < 4.78 is 7.73. The van der Waals surface area contributed by atoms with Gasteiger partial charge in [-0.2, -0.15) is 0 Å². The molecule has 0 fully saturated rings. The van der Waals surface area contributed by atoms with Gasteiger partial charge in [0, 0.05) is 20.3 Å². The van der Waals surface area contributed by atoms with E-state index in [-0.39, 0.29) is 5.60 Å². The van der Waals surface area contributed by atoms with Gasteiger partial charge in [-0.15, -0.1) is 0 Å². The number of hydrogen-bond acceptors (Lipinski definition) is 3.